The summed E-state index contributed by atoms with van der Waals surface area (Å²) in [4.78, 5) is 13.9. The van der Waals surface area contributed by atoms with Crippen LogP contribution in [0.4, 0.5) is 0 Å². The SMILES string of the molecule is CCOC(=O)C(CC)N(C)C1CCSC1. The standard InChI is InChI=1S/C11H21NO2S/c1-4-10(11(13)14-5-2)12(3)9-6-7-15-8-9/h9-10H,4-8H2,1-3H3. The molecule has 2 atom stereocenters. The van der Waals surface area contributed by atoms with Crippen molar-refractivity contribution in [2.24, 2.45) is 0 Å². The zero-order chi connectivity index (χ0) is 11.3. The van der Waals surface area contributed by atoms with Crippen LogP contribution in [-0.2, 0) is 9.53 Å². The molecule has 1 aliphatic heterocycles. The van der Waals surface area contributed by atoms with Gasteiger partial charge in [0.25, 0.3) is 0 Å². The molecule has 0 aliphatic carbocycles. The number of hydrogen-bond donors (Lipinski definition) is 0. The Kier molecular flexibility index (Phi) is 5.47. The second kappa shape index (κ2) is 6.38. The van der Waals surface area contributed by atoms with Gasteiger partial charge < -0.3 is 4.74 Å². The van der Waals surface area contributed by atoms with Crippen LogP contribution in [0.25, 0.3) is 0 Å². The second-order valence-corrected chi connectivity index (χ2v) is 5.01. The Morgan fingerprint density at radius 1 is 1.60 bits per heavy atom. The molecule has 0 amide bonds. The lowest BCUT2D eigenvalue weighted by Crippen LogP contribution is -2.45. The zero-order valence-electron chi connectivity index (χ0n) is 9.86. The number of carbonyl (C=O) groups excluding carboxylic acids is 1. The van der Waals surface area contributed by atoms with Gasteiger partial charge in [-0.25, -0.2) is 0 Å². The molecular weight excluding hydrogens is 210 g/mol. The van der Waals surface area contributed by atoms with Gasteiger partial charge in [-0.3, -0.25) is 9.69 Å². The van der Waals surface area contributed by atoms with Crippen LogP contribution < -0.4 is 0 Å². The Balaban J connectivity index is 2.52. The predicted octanol–water partition coefficient (Wildman–Crippen LogP) is 1.77. The van der Waals surface area contributed by atoms with Crippen LogP contribution in [0.5, 0.6) is 0 Å². The van der Waals surface area contributed by atoms with E-state index in [0.29, 0.717) is 12.6 Å². The Labute approximate surface area is 96.5 Å². The van der Waals surface area contributed by atoms with Crippen molar-refractivity contribution < 1.29 is 9.53 Å². The molecular formula is C11H21NO2S. The molecule has 88 valence electrons. The van der Waals surface area contributed by atoms with E-state index in [9.17, 15) is 4.79 Å². The van der Waals surface area contributed by atoms with E-state index < -0.39 is 0 Å². The van der Waals surface area contributed by atoms with E-state index in [1.807, 2.05) is 32.7 Å². The molecule has 1 aliphatic rings. The van der Waals surface area contributed by atoms with Crippen molar-refractivity contribution in [2.45, 2.75) is 38.8 Å². The lowest BCUT2D eigenvalue weighted by atomic mass is 10.1. The van der Waals surface area contributed by atoms with E-state index in [1.54, 1.807) is 0 Å². The predicted molar refractivity (Wildman–Crippen MR) is 64.2 cm³/mol. The normalized spacial score (nSPS) is 23.1. The number of ether oxygens (including phenoxy) is 1. The first-order chi connectivity index (χ1) is 7.20. The highest BCUT2D eigenvalue weighted by atomic mass is 32.2. The molecule has 1 rings (SSSR count). The van der Waals surface area contributed by atoms with Gasteiger partial charge in [-0.1, -0.05) is 6.92 Å². The zero-order valence-corrected chi connectivity index (χ0v) is 10.7. The summed E-state index contributed by atoms with van der Waals surface area (Å²) in [7, 11) is 2.04. The van der Waals surface area contributed by atoms with Crippen LogP contribution in [0.2, 0.25) is 0 Å². The van der Waals surface area contributed by atoms with E-state index in [1.165, 1.54) is 12.2 Å². The largest absolute Gasteiger partial charge is 0.465 e. The Bertz CT molecular complexity index is 205. The van der Waals surface area contributed by atoms with Crippen molar-refractivity contribution in [3.63, 3.8) is 0 Å². The highest BCUT2D eigenvalue weighted by Crippen LogP contribution is 2.23. The summed E-state index contributed by atoms with van der Waals surface area (Å²) in [5, 5.41) is 0. The Hall–Kier alpha value is -0.220. The molecule has 0 bridgehead atoms. The first-order valence-electron chi connectivity index (χ1n) is 5.67. The summed E-state index contributed by atoms with van der Waals surface area (Å²) in [6.45, 7) is 4.37. The topological polar surface area (TPSA) is 29.5 Å². The molecule has 0 N–H and O–H groups in total. The maximum Gasteiger partial charge on any atom is 0.323 e. The number of hydrogen-bond acceptors (Lipinski definition) is 4. The number of nitrogens with zero attached hydrogens (tertiary/aromatic N) is 1. The van der Waals surface area contributed by atoms with Crippen molar-refractivity contribution >= 4 is 17.7 Å². The van der Waals surface area contributed by atoms with Crippen LogP contribution in [0.1, 0.15) is 26.7 Å². The van der Waals surface area contributed by atoms with E-state index in [2.05, 4.69) is 4.90 Å². The second-order valence-electron chi connectivity index (χ2n) is 3.86. The third-order valence-electron chi connectivity index (χ3n) is 2.92. The quantitative estimate of drug-likeness (QED) is 0.674. The van der Waals surface area contributed by atoms with Crippen LogP contribution in [0.3, 0.4) is 0 Å². The van der Waals surface area contributed by atoms with E-state index >= 15 is 0 Å². The fraction of sp³-hybridized carbons (Fsp3) is 0.909. The highest BCUT2D eigenvalue weighted by molar-refractivity contribution is 7.99. The highest BCUT2D eigenvalue weighted by Gasteiger charge is 2.29. The maximum atomic E-state index is 11.7. The summed E-state index contributed by atoms with van der Waals surface area (Å²) < 4.78 is 5.09. The van der Waals surface area contributed by atoms with Crippen molar-refractivity contribution in [1.29, 1.82) is 0 Å². The van der Waals surface area contributed by atoms with Gasteiger partial charge in [0.05, 0.1) is 6.61 Å². The van der Waals surface area contributed by atoms with Crippen molar-refractivity contribution in [2.75, 3.05) is 25.2 Å². The molecule has 0 radical (unpaired) electrons. The van der Waals surface area contributed by atoms with Crippen molar-refractivity contribution in [3.05, 3.63) is 0 Å². The van der Waals surface area contributed by atoms with E-state index in [-0.39, 0.29) is 12.0 Å². The minimum Gasteiger partial charge on any atom is -0.465 e. The minimum atomic E-state index is -0.0700. The summed E-state index contributed by atoms with van der Waals surface area (Å²) in [6.07, 6.45) is 2.02. The van der Waals surface area contributed by atoms with Crippen LogP contribution >= 0.6 is 11.8 Å². The van der Waals surface area contributed by atoms with Gasteiger partial charge in [0.2, 0.25) is 0 Å². The fourth-order valence-electron chi connectivity index (χ4n) is 1.96. The monoisotopic (exact) mass is 231 g/mol. The lowest BCUT2D eigenvalue weighted by Gasteiger charge is -2.30. The van der Waals surface area contributed by atoms with Crippen molar-refractivity contribution in [3.8, 4) is 0 Å². The lowest BCUT2D eigenvalue weighted by molar-refractivity contribution is -0.149. The molecule has 1 saturated heterocycles. The van der Waals surface area contributed by atoms with Crippen LogP contribution in [-0.4, -0.2) is 48.1 Å². The summed E-state index contributed by atoms with van der Waals surface area (Å²) >= 11 is 1.97. The molecule has 1 heterocycles. The average molecular weight is 231 g/mol. The van der Waals surface area contributed by atoms with Gasteiger partial charge in [-0.2, -0.15) is 11.8 Å². The average Bonchev–Trinajstić information content (AvgIpc) is 2.71. The smallest absolute Gasteiger partial charge is 0.323 e. The van der Waals surface area contributed by atoms with Crippen LogP contribution in [0.15, 0.2) is 0 Å². The molecule has 0 aromatic rings. The molecule has 1 fully saturated rings. The van der Waals surface area contributed by atoms with Gasteiger partial charge in [-0.15, -0.1) is 0 Å². The van der Waals surface area contributed by atoms with E-state index in [4.69, 9.17) is 4.74 Å². The summed E-state index contributed by atoms with van der Waals surface area (Å²) in [6, 6.07) is 0.484. The van der Waals surface area contributed by atoms with Gasteiger partial charge in [-0.05, 0) is 32.6 Å². The molecule has 0 spiro atoms. The number of thioether (sulfide) groups is 1. The molecule has 0 aromatic heterocycles. The molecule has 0 saturated carbocycles. The summed E-state index contributed by atoms with van der Waals surface area (Å²) in [5.41, 5.74) is 0. The Morgan fingerprint density at radius 2 is 2.33 bits per heavy atom. The first-order valence-corrected chi connectivity index (χ1v) is 6.82. The van der Waals surface area contributed by atoms with Crippen molar-refractivity contribution in [1.82, 2.24) is 4.90 Å². The number of likely N-dealkylation sites (N-methyl/N-ethyl adjacent to an activating group) is 1. The van der Waals surface area contributed by atoms with Crippen LogP contribution in [0, 0.1) is 0 Å². The van der Waals surface area contributed by atoms with E-state index in [0.717, 1.165) is 12.2 Å². The number of rotatable bonds is 5. The molecule has 2 unspecified atom stereocenters. The third kappa shape index (κ3) is 3.38. The maximum absolute atomic E-state index is 11.7. The summed E-state index contributed by atoms with van der Waals surface area (Å²) in [5.74, 6) is 2.29. The fourth-order valence-corrected chi connectivity index (χ4v) is 3.24. The van der Waals surface area contributed by atoms with Gasteiger partial charge in [0, 0.05) is 11.8 Å². The molecule has 3 nitrogen and oxygen atoms in total. The molecule has 4 heteroatoms. The minimum absolute atomic E-state index is 0.0614. The number of carbonyl (C=O) groups is 1. The Morgan fingerprint density at radius 3 is 2.80 bits per heavy atom. The molecule has 15 heavy (non-hydrogen) atoms. The third-order valence-corrected chi connectivity index (χ3v) is 4.06. The number of esters is 1. The van der Waals surface area contributed by atoms with Gasteiger partial charge in [0.1, 0.15) is 6.04 Å². The van der Waals surface area contributed by atoms with Gasteiger partial charge in [0.15, 0.2) is 0 Å². The molecule has 0 aromatic carbocycles. The first kappa shape index (κ1) is 12.8. The van der Waals surface area contributed by atoms with Gasteiger partial charge >= 0.3 is 5.97 Å².